The van der Waals surface area contributed by atoms with Gasteiger partial charge in [0.25, 0.3) is 0 Å². The van der Waals surface area contributed by atoms with Crippen LogP contribution < -0.4 is 15.3 Å². The quantitative estimate of drug-likeness (QED) is 0.495. The number of ether oxygens (including phenoxy) is 3. The van der Waals surface area contributed by atoms with E-state index in [2.05, 4.69) is 10.4 Å². The molecule has 0 atom stereocenters. The van der Waals surface area contributed by atoms with Gasteiger partial charge >= 0.3 is 17.9 Å². The third-order valence-corrected chi connectivity index (χ3v) is 3.80. The SMILES string of the molecule is O=C1OC(=O)c2cc(ONOc3cccc4c3COCOC4=O)ccc21. The lowest BCUT2D eigenvalue weighted by Crippen LogP contribution is -2.23. The maximum atomic E-state index is 11.8. The van der Waals surface area contributed by atoms with E-state index in [9.17, 15) is 14.4 Å². The van der Waals surface area contributed by atoms with Gasteiger partial charge in [-0.05, 0) is 30.3 Å². The molecule has 0 unspecified atom stereocenters. The van der Waals surface area contributed by atoms with Crippen LogP contribution in [0.25, 0.3) is 0 Å². The van der Waals surface area contributed by atoms with E-state index in [1.807, 2.05) is 0 Å². The summed E-state index contributed by atoms with van der Waals surface area (Å²) >= 11 is 0. The van der Waals surface area contributed by atoms with Crippen LogP contribution in [0.1, 0.15) is 36.6 Å². The summed E-state index contributed by atoms with van der Waals surface area (Å²) in [6.45, 7) is -0.00739. The number of hydrogen-bond acceptors (Lipinski definition) is 9. The van der Waals surface area contributed by atoms with Crippen LogP contribution >= 0.6 is 0 Å². The van der Waals surface area contributed by atoms with E-state index >= 15 is 0 Å². The van der Waals surface area contributed by atoms with Gasteiger partial charge in [-0.15, -0.1) is 0 Å². The molecule has 1 N–H and O–H groups in total. The summed E-state index contributed by atoms with van der Waals surface area (Å²) < 4.78 is 14.6. The third-order valence-electron chi connectivity index (χ3n) is 3.80. The maximum Gasteiger partial charge on any atom is 0.347 e. The van der Waals surface area contributed by atoms with Crippen LogP contribution in [-0.2, 0) is 20.8 Å². The average molecular weight is 357 g/mol. The molecule has 132 valence electrons. The van der Waals surface area contributed by atoms with Crippen molar-refractivity contribution in [1.29, 1.82) is 0 Å². The molecule has 0 aromatic heterocycles. The van der Waals surface area contributed by atoms with E-state index < -0.39 is 17.9 Å². The Balaban J connectivity index is 1.47. The van der Waals surface area contributed by atoms with Gasteiger partial charge in [0.15, 0.2) is 18.3 Å². The minimum absolute atomic E-state index is 0.110. The molecule has 0 bridgehead atoms. The van der Waals surface area contributed by atoms with Gasteiger partial charge in [0, 0.05) is 11.2 Å². The average Bonchev–Trinajstić information content (AvgIpc) is 2.79. The number of esters is 3. The minimum Gasteiger partial charge on any atom is -0.435 e. The zero-order valence-corrected chi connectivity index (χ0v) is 13.1. The maximum absolute atomic E-state index is 11.8. The molecule has 0 saturated heterocycles. The molecule has 0 radical (unpaired) electrons. The molecule has 2 aromatic carbocycles. The standard InChI is InChI=1S/C17H11NO8/c19-15-10-2-1-3-14(13(10)7-22-8-23-15)26-18-25-9-4-5-11-12(6-9)17(21)24-16(11)20/h1-6,18H,7-8H2. The lowest BCUT2D eigenvalue weighted by molar-refractivity contribution is -0.0354. The Morgan fingerprint density at radius 2 is 1.73 bits per heavy atom. The van der Waals surface area contributed by atoms with Crippen molar-refractivity contribution in [3.8, 4) is 11.5 Å². The first-order valence-electron chi connectivity index (χ1n) is 7.49. The van der Waals surface area contributed by atoms with Crippen molar-refractivity contribution in [1.82, 2.24) is 5.64 Å². The first kappa shape index (κ1) is 16.1. The smallest absolute Gasteiger partial charge is 0.347 e. The van der Waals surface area contributed by atoms with Crippen molar-refractivity contribution in [2.24, 2.45) is 0 Å². The van der Waals surface area contributed by atoms with Gasteiger partial charge in [0.1, 0.15) is 0 Å². The van der Waals surface area contributed by atoms with Crippen molar-refractivity contribution >= 4 is 17.9 Å². The summed E-state index contributed by atoms with van der Waals surface area (Å²) in [5.74, 6) is -1.39. The first-order valence-corrected chi connectivity index (χ1v) is 7.49. The Morgan fingerprint density at radius 1 is 0.885 bits per heavy atom. The van der Waals surface area contributed by atoms with Crippen LogP contribution in [-0.4, -0.2) is 24.7 Å². The number of cyclic esters (lactones) is 3. The van der Waals surface area contributed by atoms with E-state index in [1.54, 1.807) is 18.2 Å². The fraction of sp³-hybridized carbons (Fsp3) is 0.118. The topological polar surface area (TPSA) is 109 Å². The second kappa shape index (κ2) is 6.47. The fourth-order valence-corrected chi connectivity index (χ4v) is 2.56. The molecule has 0 spiro atoms. The number of nitrogens with one attached hydrogen (secondary N) is 1. The van der Waals surface area contributed by atoms with E-state index in [0.717, 1.165) is 0 Å². The van der Waals surface area contributed by atoms with Crippen LogP contribution in [0.2, 0.25) is 0 Å². The van der Waals surface area contributed by atoms with Crippen molar-refractivity contribution in [3.05, 3.63) is 58.7 Å². The normalized spacial score (nSPS) is 15.5. The summed E-state index contributed by atoms with van der Waals surface area (Å²) in [5.41, 5.74) is 3.40. The van der Waals surface area contributed by atoms with Crippen LogP contribution in [0.15, 0.2) is 36.4 Å². The molecule has 26 heavy (non-hydrogen) atoms. The van der Waals surface area contributed by atoms with Crippen LogP contribution in [0, 0.1) is 0 Å². The highest BCUT2D eigenvalue weighted by Gasteiger charge is 2.30. The molecule has 2 aliphatic heterocycles. The molecule has 9 heteroatoms. The Labute approximate surface area is 146 Å². The van der Waals surface area contributed by atoms with Crippen molar-refractivity contribution < 1.29 is 38.3 Å². The largest absolute Gasteiger partial charge is 0.435 e. The van der Waals surface area contributed by atoms with Crippen LogP contribution in [0.5, 0.6) is 11.5 Å². The Morgan fingerprint density at radius 3 is 2.62 bits per heavy atom. The summed E-state index contributed by atoms with van der Waals surface area (Å²) in [5, 5.41) is 0. The van der Waals surface area contributed by atoms with Crippen molar-refractivity contribution in [2.45, 2.75) is 6.61 Å². The summed E-state index contributed by atoms with van der Waals surface area (Å²) in [7, 11) is 0. The van der Waals surface area contributed by atoms with Gasteiger partial charge in [-0.1, -0.05) is 6.07 Å². The fourth-order valence-electron chi connectivity index (χ4n) is 2.56. The minimum atomic E-state index is -0.736. The summed E-state index contributed by atoms with van der Waals surface area (Å²) in [6, 6.07) is 9.09. The highest BCUT2D eigenvalue weighted by molar-refractivity contribution is 6.14. The number of hydrogen-bond donors (Lipinski definition) is 1. The molecular formula is C17H11NO8. The summed E-state index contributed by atoms with van der Waals surface area (Å²) in [4.78, 5) is 45.3. The number of carbonyl (C=O) groups excluding carboxylic acids is 3. The number of carbonyl (C=O) groups is 3. The van der Waals surface area contributed by atoms with E-state index in [0.29, 0.717) is 16.9 Å². The zero-order chi connectivity index (χ0) is 18.1. The number of rotatable bonds is 4. The van der Waals surface area contributed by atoms with Crippen LogP contribution in [0.3, 0.4) is 0 Å². The molecule has 0 amide bonds. The second-order valence-electron chi connectivity index (χ2n) is 5.35. The first-order chi connectivity index (χ1) is 12.6. The van der Waals surface area contributed by atoms with Crippen molar-refractivity contribution in [2.75, 3.05) is 6.79 Å². The number of fused-ring (bicyclic) bond motifs is 2. The predicted octanol–water partition coefficient (Wildman–Crippen LogP) is 1.52. The highest BCUT2D eigenvalue weighted by Crippen LogP contribution is 2.27. The molecule has 9 nitrogen and oxygen atoms in total. The molecule has 0 aliphatic carbocycles. The molecule has 4 rings (SSSR count). The Kier molecular flexibility index (Phi) is 3.99. The lowest BCUT2D eigenvalue weighted by atomic mass is 10.1. The number of benzene rings is 2. The monoisotopic (exact) mass is 357 g/mol. The zero-order valence-electron chi connectivity index (χ0n) is 13.1. The van der Waals surface area contributed by atoms with Crippen molar-refractivity contribution in [3.63, 3.8) is 0 Å². The molecule has 2 aromatic rings. The van der Waals surface area contributed by atoms with Gasteiger partial charge in [0.2, 0.25) is 0 Å². The van der Waals surface area contributed by atoms with E-state index in [4.69, 9.17) is 19.1 Å². The van der Waals surface area contributed by atoms with E-state index in [-0.39, 0.29) is 30.3 Å². The van der Waals surface area contributed by atoms with E-state index in [1.165, 1.54) is 18.2 Å². The van der Waals surface area contributed by atoms with Gasteiger partial charge in [-0.2, -0.15) is 0 Å². The molecule has 2 aliphatic rings. The predicted molar refractivity (Wildman–Crippen MR) is 82.1 cm³/mol. The molecule has 2 heterocycles. The van der Waals surface area contributed by atoms with Crippen LogP contribution in [0.4, 0.5) is 0 Å². The van der Waals surface area contributed by atoms with Gasteiger partial charge in [0.05, 0.1) is 23.3 Å². The molecule has 0 saturated carbocycles. The lowest BCUT2D eigenvalue weighted by Gasteiger charge is -2.12. The van der Waals surface area contributed by atoms with Gasteiger partial charge < -0.3 is 23.9 Å². The van der Waals surface area contributed by atoms with Gasteiger partial charge in [-0.25, -0.2) is 14.4 Å². The Bertz CT molecular complexity index is 923. The molecular weight excluding hydrogens is 346 g/mol. The summed E-state index contributed by atoms with van der Waals surface area (Å²) in [6.07, 6.45) is 0. The second-order valence-corrected chi connectivity index (χ2v) is 5.35. The third kappa shape index (κ3) is 2.85. The highest BCUT2D eigenvalue weighted by atomic mass is 16.9. The van der Waals surface area contributed by atoms with Gasteiger partial charge in [-0.3, -0.25) is 0 Å². The molecule has 0 fully saturated rings. The Hall–Kier alpha value is -3.43.